The van der Waals surface area contributed by atoms with Gasteiger partial charge in [0, 0.05) is 42.5 Å². The summed E-state index contributed by atoms with van der Waals surface area (Å²) in [6.07, 6.45) is 3.60. The highest BCUT2D eigenvalue weighted by atomic mass is 16.4. The normalized spacial score (nSPS) is 17.7. The zero-order valence-electron chi connectivity index (χ0n) is 25.0. The number of anilines is 2. The van der Waals surface area contributed by atoms with Gasteiger partial charge in [0.1, 0.15) is 12.2 Å². The molecule has 2 aliphatic rings. The van der Waals surface area contributed by atoms with Gasteiger partial charge in [-0.1, -0.05) is 30.3 Å². The third-order valence-electron chi connectivity index (χ3n) is 8.36. The summed E-state index contributed by atoms with van der Waals surface area (Å²) in [4.78, 5) is 54.4. The maximum atomic E-state index is 13.1. The summed E-state index contributed by atoms with van der Waals surface area (Å²) in [5, 5.41) is 11.4. The number of amides is 4. The van der Waals surface area contributed by atoms with Crippen LogP contribution in [0.3, 0.4) is 0 Å². The number of hydrogen-bond donors (Lipinski definition) is 1. The second kappa shape index (κ2) is 13.1. The fourth-order valence-corrected chi connectivity index (χ4v) is 6.08. The van der Waals surface area contributed by atoms with Crippen LogP contribution in [0.25, 0.3) is 22.9 Å². The smallest absolute Gasteiger partial charge is 0.248 e. The van der Waals surface area contributed by atoms with Gasteiger partial charge in [-0.2, -0.15) is 0 Å². The molecule has 0 saturated carbocycles. The molecule has 1 N–H and O–H groups in total. The lowest BCUT2D eigenvalue weighted by molar-refractivity contribution is -0.138. The molecule has 4 amide bonds. The number of likely N-dealkylation sites (tertiary alicyclic amines) is 1. The highest BCUT2D eigenvalue weighted by Gasteiger charge is 2.34. The number of benzene rings is 3. The maximum absolute atomic E-state index is 13.1. The molecule has 2 atom stereocenters. The molecule has 6 rings (SSSR count). The Balaban J connectivity index is 1.08. The molecule has 1 unspecified atom stereocenters. The summed E-state index contributed by atoms with van der Waals surface area (Å²) in [6.45, 7) is 2.71. The van der Waals surface area contributed by atoms with E-state index in [1.165, 1.54) is 11.8 Å². The number of aromatic nitrogens is 2. The van der Waals surface area contributed by atoms with Crippen LogP contribution in [-0.4, -0.2) is 69.4 Å². The van der Waals surface area contributed by atoms with Crippen LogP contribution in [0.1, 0.15) is 38.2 Å². The summed E-state index contributed by atoms with van der Waals surface area (Å²) in [6, 6.07) is 23.8. The Morgan fingerprint density at radius 2 is 1.53 bits per heavy atom. The Hall–Kier alpha value is -5.32. The molecule has 2 saturated heterocycles. The first kappa shape index (κ1) is 29.7. The molecule has 0 radical (unpaired) electrons. The van der Waals surface area contributed by atoms with Crippen LogP contribution in [0.4, 0.5) is 11.4 Å². The van der Waals surface area contributed by atoms with E-state index in [1.54, 1.807) is 29.2 Å². The van der Waals surface area contributed by atoms with Gasteiger partial charge < -0.3 is 19.5 Å². The topological polar surface area (TPSA) is 129 Å². The average molecular weight is 607 g/mol. The van der Waals surface area contributed by atoms with E-state index in [4.69, 9.17) is 4.42 Å². The molecule has 3 aromatic carbocycles. The van der Waals surface area contributed by atoms with Gasteiger partial charge in [-0.25, -0.2) is 0 Å². The van der Waals surface area contributed by atoms with Gasteiger partial charge in [-0.05, 0) is 79.8 Å². The number of nitrogens with zero attached hydrogens (tertiary/aromatic N) is 5. The minimum atomic E-state index is -0.500. The van der Waals surface area contributed by atoms with Crippen molar-refractivity contribution < 1.29 is 23.6 Å². The zero-order chi connectivity index (χ0) is 31.3. The van der Waals surface area contributed by atoms with Crippen molar-refractivity contribution in [1.29, 1.82) is 0 Å². The van der Waals surface area contributed by atoms with Crippen LogP contribution in [0.5, 0.6) is 0 Å². The van der Waals surface area contributed by atoms with Crippen LogP contribution < -0.4 is 10.2 Å². The van der Waals surface area contributed by atoms with Crippen LogP contribution in [0.2, 0.25) is 0 Å². The van der Waals surface area contributed by atoms with Gasteiger partial charge in [-0.15, -0.1) is 10.2 Å². The van der Waals surface area contributed by atoms with Gasteiger partial charge >= 0.3 is 0 Å². The van der Waals surface area contributed by atoms with Gasteiger partial charge in [0.05, 0.1) is 6.42 Å². The molecule has 0 bridgehead atoms. The van der Waals surface area contributed by atoms with Crippen LogP contribution >= 0.6 is 0 Å². The third kappa shape index (κ3) is 6.47. The predicted molar refractivity (Wildman–Crippen MR) is 168 cm³/mol. The second-order valence-electron chi connectivity index (χ2n) is 11.3. The molecule has 2 aliphatic heterocycles. The minimum Gasteiger partial charge on any atom is -0.416 e. The van der Waals surface area contributed by atoms with Crippen LogP contribution in [-0.2, 0) is 25.6 Å². The lowest BCUT2D eigenvalue weighted by Gasteiger charge is -2.32. The second-order valence-corrected chi connectivity index (χ2v) is 11.3. The van der Waals surface area contributed by atoms with Gasteiger partial charge in [0.2, 0.25) is 35.9 Å². The first-order valence-corrected chi connectivity index (χ1v) is 15.1. The van der Waals surface area contributed by atoms with E-state index in [2.05, 4.69) is 15.5 Å². The van der Waals surface area contributed by atoms with Gasteiger partial charge in [-0.3, -0.25) is 24.1 Å². The molecule has 0 aliphatic carbocycles. The monoisotopic (exact) mass is 606 g/mol. The molecule has 11 nitrogen and oxygen atoms in total. The lowest BCUT2D eigenvalue weighted by atomic mass is 10.1. The summed E-state index contributed by atoms with van der Waals surface area (Å²) in [5.74, 6) is 0.160. The first-order valence-electron chi connectivity index (χ1n) is 15.1. The quantitative estimate of drug-likeness (QED) is 0.276. The van der Waals surface area contributed by atoms with Crippen molar-refractivity contribution in [3.63, 3.8) is 0 Å². The average Bonchev–Trinajstić information content (AvgIpc) is 3.84. The number of carbonyl (C=O) groups is 4. The summed E-state index contributed by atoms with van der Waals surface area (Å²) in [5.41, 5.74) is 3.87. The van der Waals surface area contributed by atoms with E-state index in [0.717, 1.165) is 42.6 Å². The first-order chi connectivity index (χ1) is 21.9. The van der Waals surface area contributed by atoms with Crippen molar-refractivity contribution in [3.8, 4) is 22.9 Å². The zero-order valence-corrected chi connectivity index (χ0v) is 25.0. The van der Waals surface area contributed by atoms with Crippen molar-refractivity contribution >= 4 is 35.5 Å². The van der Waals surface area contributed by atoms with E-state index >= 15 is 0 Å². The summed E-state index contributed by atoms with van der Waals surface area (Å²) >= 11 is 0. The molecule has 3 heterocycles. The third-order valence-corrected chi connectivity index (χ3v) is 8.36. The Bertz CT molecular complexity index is 1670. The molecule has 230 valence electrons. The lowest BCUT2D eigenvalue weighted by Crippen LogP contribution is -2.46. The molecule has 0 spiro atoms. The van der Waals surface area contributed by atoms with Crippen molar-refractivity contribution in [2.45, 2.75) is 51.2 Å². The fourth-order valence-electron chi connectivity index (χ4n) is 6.08. The van der Waals surface area contributed by atoms with E-state index in [1.807, 2.05) is 59.5 Å². The number of rotatable bonds is 9. The standard InChI is InChI=1S/C34H34N6O5/c1-23(42)40(22-41)30-10-6-19-38(30)28-17-13-26(14-18-28)34-37-36-33(45-34)25-11-15-27(16-12-25)35-32(44)29-9-5-20-39(29)31(43)21-24-7-3-2-4-8-24/h2-4,7-8,11-18,22,29-30H,5-6,9-10,19-21H2,1H3,(H,35,44)/t29-,30?/m0/s1. The van der Waals surface area contributed by atoms with Crippen molar-refractivity contribution in [2.24, 2.45) is 0 Å². The fraction of sp³-hybridized carbons (Fsp3) is 0.294. The van der Waals surface area contributed by atoms with Gasteiger partial charge in [0.15, 0.2) is 0 Å². The molecule has 1 aromatic heterocycles. The maximum Gasteiger partial charge on any atom is 0.248 e. The van der Waals surface area contributed by atoms with Crippen molar-refractivity contribution in [2.75, 3.05) is 23.3 Å². The highest BCUT2D eigenvalue weighted by Crippen LogP contribution is 2.31. The minimum absolute atomic E-state index is 0.0474. The van der Waals surface area contributed by atoms with Crippen LogP contribution in [0, 0.1) is 0 Å². The van der Waals surface area contributed by atoms with Crippen LogP contribution in [0.15, 0.2) is 83.3 Å². The van der Waals surface area contributed by atoms with E-state index in [0.29, 0.717) is 42.4 Å². The summed E-state index contributed by atoms with van der Waals surface area (Å²) < 4.78 is 5.95. The molecular weight excluding hydrogens is 572 g/mol. The molecular formula is C34H34N6O5. The Morgan fingerprint density at radius 3 is 2.18 bits per heavy atom. The number of nitrogens with one attached hydrogen (secondary N) is 1. The highest BCUT2D eigenvalue weighted by molar-refractivity contribution is 5.98. The number of hydrogen-bond acceptors (Lipinski definition) is 8. The van der Waals surface area contributed by atoms with E-state index in [-0.39, 0.29) is 30.3 Å². The Kier molecular flexibility index (Phi) is 8.68. The Morgan fingerprint density at radius 1 is 0.889 bits per heavy atom. The molecule has 45 heavy (non-hydrogen) atoms. The van der Waals surface area contributed by atoms with E-state index < -0.39 is 6.04 Å². The Labute approximate surface area is 260 Å². The number of imide groups is 1. The predicted octanol–water partition coefficient (Wildman–Crippen LogP) is 4.51. The van der Waals surface area contributed by atoms with Crippen molar-refractivity contribution in [1.82, 2.24) is 20.0 Å². The largest absolute Gasteiger partial charge is 0.416 e. The molecule has 11 heteroatoms. The van der Waals surface area contributed by atoms with E-state index in [9.17, 15) is 19.2 Å². The molecule has 4 aromatic rings. The number of carbonyl (C=O) groups excluding carboxylic acids is 4. The molecule has 2 fully saturated rings. The SMILES string of the molecule is CC(=O)N(C=O)C1CCCN1c1ccc(-c2nnc(-c3ccc(NC(=O)[C@@H]4CCCN4C(=O)Cc4ccccc4)cc3)o2)cc1. The van der Waals surface area contributed by atoms with Crippen molar-refractivity contribution in [3.05, 3.63) is 84.4 Å². The summed E-state index contributed by atoms with van der Waals surface area (Å²) in [7, 11) is 0. The van der Waals surface area contributed by atoms with Gasteiger partial charge in [0.25, 0.3) is 0 Å².